The summed E-state index contributed by atoms with van der Waals surface area (Å²) >= 11 is 1.50. The number of carbonyl (C=O) groups is 1. The van der Waals surface area contributed by atoms with Crippen LogP contribution in [0.4, 0.5) is 0 Å². The molecule has 1 aliphatic rings. The van der Waals surface area contributed by atoms with E-state index in [0.717, 1.165) is 17.7 Å². The Morgan fingerprint density at radius 3 is 3.05 bits per heavy atom. The molecule has 2 aromatic rings. The monoisotopic (exact) mass is 278 g/mol. The molecular weight excluding hydrogens is 264 g/mol. The van der Waals surface area contributed by atoms with E-state index in [1.165, 1.54) is 17.7 Å². The van der Waals surface area contributed by atoms with Crippen molar-refractivity contribution >= 4 is 17.2 Å². The van der Waals surface area contributed by atoms with E-state index >= 15 is 0 Å². The highest BCUT2D eigenvalue weighted by molar-refractivity contribution is 7.13. The largest absolute Gasteiger partial charge is 0.442 e. The van der Waals surface area contributed by atoms with Gasteiger partial charge in [-0.05, 0) is 24.3 Å². The van der Waals surface area contributed by atoms with Gasteiger partial charge in [-0.15, -0.1) is 11.3 Å². The van der Waals surface area contributed by atoms with Crippen LogP contribution in [0.2, 0.25) is 0 Å². The molecule has 1 fully saturated rings. The van der Waals surface area contributed by atoms with Gasteiger partial charge < -0.3 is 14.8 Å². The van der Waals surface area contributed by atoms with Crippen LogP contribution < -0.4 is 5.32 Å². The molecule has 2 aromatic heterocycles. The lowest BCUT2D eigenvalue weighted by Crippen LogP contribution is -2.32. The van der Waals surface area contributed by atoms with E-state index in [-0.39, 0.29) is 17.9 Å². The van der Waals surface area contributed by atoms with Gasteiger partial charge in [-0.2, -0.15) is 0 Å². The molecule has 0 unspecified atom stereocenters. The maximum atomic E-state index is 12.1. The van der Waals surface area contributed by atoms with Crippen LogP contribution in [0, 0.1) is 5.41 Å². The number of hydrogen-bond donors (Lipinski definition) is 2. The van der Waals surface area contributed by atoms with E-state index in [1.54, 1.807) is 0 Å². The third kappa shape index (κ3) is 2.41. The van der Waals surface area contributed by atoms with Crippen LogP contribution >= 0.6 is 11.3 Å². The van der Waals surface area contributed by atoms with Crippen molar-refractivity contribution < 1.29 is 14.3 Å². The lowest BCUT2D eigenvalue weighted by atomic mass is 10.1. The Labute approximate surface area is 114 Å². The summed E-state index contributed by atoms with van der Waals surface area (Å²) in [5.41, 5.74) is 0.193. The minimum absolute atomic E-state index is 0.109. The lowest BCUT2D eigenvalue weighted by Gasteiger charge is -2.11. The fraction of sp³-hybridized carbons (Fsp3) is 0.385. The van der Waals surface area contributed by atoms with E-state index in [0.29, 0.717) is 18.0 Å². The third-order valence-electron chi connectivity index (χ3n) is 3.44. The highest BCUT2D eigenvalue weighted by atomic mass is 32.1. The highest BCUT2D eigenvalue weighted by Crippen LogP contribution is 2.44. The first-order chi connectivity index (χ1) is 9.24. The molecule has 5 nitrogen and oxygen atoms in total. The van der Waals surface area contributed by atoms with E-state index < -0.39 is 0 Å². The number of aromatic nitrogens is 1. The zero-order chi connectivity index (χ0) is 13.3. The zero-order valence-corrected chi connectivity index (χ0v) is 11.1. The van der Waals surface area contributed by atoms with Gasteiger partial charge in [-0.1, -0.05) is 6.07 Å². The first-order valence-corrected chi connectivity index (χ1v) is 6.98. The number of aliphatic hydroxyl groups is 1. The highest BCUT2D eigenvalue weighted by Gasteiger charge is 2.42. The average Bonchev–Trinajstić information content (AvgIpc) is 2.86. The number of amides is 1. The number of aliphatic hydroxyl groups excluding tert-OH is 1. The molecule has 0 atom stereocenters. The molecule has 0 aliphatic heterocycles. The molecule has 2 N–H and O–H groups in total. The Morgan fingerprint density at radius 2 is 2.42 bits per heavy atom. The van der Waals surface area contributed by atoms with Crippen LogP contribution in [0.1, 0.15) is 23.3 Å². The van der Waals surface area contributed by atoms with Gasteiger partial charge in [0.2, 0.25) is 0 Å². The van der Waals surface area contributed by atoms with Gasteiger partial charge in [-0.25, -0.2) is 4.98 Å². The molecule has 1 amide bonds. The smallest absolute Gasteiger partial charge is 0.273 e. The summed E-state index contributed by atoms with van der Waals surface area (Å²) in [6.07, 6.45) is 3.20. The quantitative estimate of drug-likeness (QED) is 0.876. The van der Waals surface area contributed by atoms with Crippen molar-refractivity contribution in [3.63, 3.8) is 0 Å². The second-order valence-electron chi connectivity index (χ2n) is 4.85. The van der Waals surface area contributed by atoms with Crippen molar-refractivity contribution in [1.29, 1.82) is 0 Å². The molecule has 0 aromatic carbocycles. The predicted molar refractivity (Wildman–Crippen MR) is 70.9 cm³/mol. The number of nitrogens with zero attached hydrogens (tertiary/aromatic N) is 1. The topological polar surface area (TPSA) is 75.4 Å². The maximum absolute atomic E-state index is 12.1. The van der Waals surface area contributed by atoms with Crippen molar-refractivity contribution in [3.8, 4) is 10.6 Å². The minimum Gasteiger partial charge on any atom is -0.442 e. The van der Waals surface area contributed by atoms with Gasteiger partial charge in [-0.3, -0.25) is 4.79 Å². The van der Waals surface area contributed by atoms with E-state index in [4.69, 9.17) is 4.42 Å². The molecule has 0 spiro atoms. The van der Waals surface area contributed by atoms with Gasteiger partial charge in [0, 0.05) is 12.0 Å². The Hall–Kier alpha value is -1.66. The molecule has 2 heterocycles. The molecule has 100 valence electrons. The van der Waals surface area contributed by atoms with Crippen LogP contribution in [0.5, 0.6) is 0 Å². The lowest BCUT2D eigenvalue weighted by molar-refractivity contribution is 0.0931. The van der Waals surface area contributed by atoms with Gasteiger partial charge in [0.15, 0.2) is 17.8 Å². The van der Waals surface area contributed by atoms with Crippen molar-refractivity contribution in [1.82, 2.24) is 10.3 Å². The van der Waals surface area contributed by atoms with Crippen LogP contribution in [0.3, 0.4) is 0 Å². The van der Waals surface area contributed by atoms with Gasteiger partial charge in [0.25, 0.3) is 5.91 Å². The summed E-state index contributed by atoms with van der Waals surface area (Å²) < 4.78 is 5.29. The minimum atomic E-state index is -0.253. The Balaban J connectivity index is 1.72. The molecule has 19 heavy (non-hydrogen) atoms. The number of oxazole rings is 1. The average molecular weight is 278 g/mol. The Bertz CT molecular complexity index is 572. The molecule has 0 bridgehead atoms. The summed E-state index contributed by atoms with van der Waals surface area (Å²) in [5.74, 6) is 0.248. The zero-order valence-electron chi connectivity index (χ0n) is 10.3. The van der Waals surface area contributed by atoms with Crippen LogP contribution in [-0.4, -0.2) is 29.1 Å². The van der Waals surface area contributed by atoms with Crippen molar-refractivity contribution in [2.45, 2.75) is 12.8 Å². The second-order valence-corrected chi connectivity index (χ2v) is 5.80. The first-order valence-electron chi connectivity index (χ1n) is 6.10. The molecule has 3 rings (SSSR count). The standard InChI is InChI=1S/C13H14N2O3S/c16-7-13(3-4-13)6-14-12(17)10-11(18-8-15-10)9-2-1-5-19-9/h1-2,5,8,16H,3-4,6-7H2,(H,14,17). The number of thiophene rings is 1. The van der Waals surface area contributed by atoms with E-state index in [2.05, 4.69) is 10.3 Å². The predicted octanol–water partition coefficient (Wildman–Crippen LogP) is 1.91. The number of carbonyl (C=O) groups excluding carboxylic acids is 1. The molecular formula is C13H14N2O3S. The first kappa shape index (κ1) is 12.4. The fourth-order valence-corrected chi connectivity index (χ4v) is 2.62. The van der Waals surface area contributed by atoms with Crippen molar-refractivity contribution in [2.75, 3.05) is 13.2 Å². The summed E-state index contributed by atoms with van der Waals surface area (Å²) in [6.45, 7) is 0.600. The summed E-state index contributed by atoms with van der Waals surface area (Å²) in [5, 5.41) is 14.0. The fourth-order valence-electron chi connectivity index (χ4n) is 1.91. The molecule has 1 aliphatic carbocycles. The maximum Gasteiger partial charge on any atom is 0.273 e. The van der Waals surface area contributed by atoms with Crippen LogP contribution in [0.15, 0.2) is 28.3 Å². The van der Waals surface area contributed by atoms with Gasteiger partial charge in [0.05, 0.1) is 11.5 Å². The molecule has 0 saturated heterocycles. The molecule has 6 heteroatoms. The van der Waals surface area contributed by atoms with Crippen molar-refractivity contribution in [2.24, 2.45) is 5.41 Å². The number of rotatable bonds is 5. The van der Waals surface area contributed by atoms with Gasteiger partial charge >= 0.3 is 0 Å². The SMILES string of the molecule is O=C(NCC1(CO)CC1)c1ncoc1-c1cccs1. The normalized spacial score (nSPS) is 16.3. The van der Waals surface area contributed by atoms with Crippen LogP contribution in [0.25, 0.3) is 10.6 Å². The number of hydrogen-bond acceptors (Lipinski definition) is 5. The molecule has 1 saturated carbocycles. The van der Waals surface area contributed by atoms with Crippen LogP contribution in [-0.2, 0) is 0 Å². The third-order valence-corrected chi connectivity index (χ3v) is 4.31. The number of nitrogens with one attached hydrogen (secondary N) is 1. The summed E-state index contributed by atoms with van der Waals surface area (Å²) in [4.78, 5) is 17.0. The Morgan fingerprint density at radius 1 is 1.58 bits per heavy atom. The Kier molecular flexibility index (Phi) is 3.12. The molecule has 0 radical (unpaired) electrons. The summed E-state index contributed by atoms with van der Waals surface area (Å²) in [6, 6.07) is 3.78. The van der Waals surface area contributed by atoms with E-state index in [1.807, 2.05) is 17.5 Å². The van der Waals surface area contributed by atoms with Gasteiger partial charge in [0.1, 0.15) is 0 Å². The summed E-state index contributed by atoms with van der Waals surface area (Å²) in [7, 11) is 0. The van der Waals surface area contributed by atoms with Crippen molar-refractivity contribution in [3.05, 3.63) is 29.6 Å². The second kappa shape index (κ2) is 4.79. The van der Waals surface area contributed by atoms with E-state index in [9.17, 15) is 9.90 Å².